The molecule has 1 saturated carbocycles. The Morgan fingerprint density at radius 1 is 1.26 bits per heavy atom. The van der Waals surface area contributed by atoms with Crippen LogP contribution in [0.3, 0.4) is 0 Å². The minimum atomic E-state index is -4.38. The van der Waals surface area contributed by atoms with E-state index in [0.717, 1.165) is 25.2 Å². The number of rotatable bonds is 5. The third kappa shape index (κ3) is 4.47. The molecular formula is C17H20F3NO2. The van der Waals surface area contributed by atoms with E-state index in [1.807, 2.05) is 0 Å². The first kappa shape index (κ1) is 16.3. The quantitative estimate of drug-likeness (QED) is 0.831. The molecule has 2 fully saturated rings. The van der Waals surface area contributed by atoms with Crippen LogP contribution in [-0.4, -0.2) is 36.6 Å². The van der Waals surface area contributed by atoms with Gasteiger partial charge in [-0.15, -0.1) is 0 Å². The molecule has 23 heavy (non-hydrogen) atoms. The van der Waals surface area contributed by atoms with Crippen molar-refractivity contribution < 1.29 is 22.7 Å². The number of carbonyl (C=O) groups excluding carboxylic acids is 1. The Balaban J connectivity index is 1.52. The lowest BCUT2D eigenvalue weighted by molar-refractivity contribution is -0.138. The number of halogens is 3. The zero-order chi connectivity index (χ0) is 16.4. The van der Waals surface area contributed by atoms with Crippen LogP contribution in [0.1, 0.15) is 30.4 Å². The van der Waals surface area contributed by atoms with Gasteiger partial charge in [-0.1, -0.05) is 18.2 Å². The minimum Gasteiger partial charge on any atom is -0.376 e. The zero-order valence-electron chi connectivity index (χ0n) is 12.8. The molecule has 126 valence electrons. The number of carbonyl (C=O) groups is 1. The molecule has 1 heterocycles. The van der Waals surface area contributed by atoms with Crippen LogP contribution >= 0.6 is 0 Å². The van der Waals surface area contributed by atoms with Crippen molar-refractivity contribution in [3.63, 3.8) is 0 Å². The molecular weight excluding hydrogens is 307 g/mol. The molecule has 1 aromatic rings. The van der Waals surface area contributed by atoms with Gasteiger partial charge >= 0.3 is 6.18 Å². The molecule has 1 aliphatic carbocycles. The summed E-state index contributed by atoms with van der Waals surface area (Å²) in [7, 11) is 0. The lowest BCUT2D eigenvalue weighted by atomic mass is 10.1. The Morgan fingerprint density at radius 2 is 2.04 bits per heavy atom. The van der Waals surface area contributed by atoms with Gasteiger partial charge in [-0.05, 0) is 36.8 Å². The molecule has 0 N–H and O–H groups in total. The maximum atomic E-state index is 12.7. The van der Waals surface area contributed by atoms with E-state index in [2.05, 4.69) is 0 Å². The monoisotopic (exact) mass is 327 g/mol. The maximum absolute atomic E-state index is 12.7. The molecule has 1 unspecified atom stereocenters. The van der Waals surface area contributed by atoms with Gasteiger partial charge in [-0.3, -0.25) is 4.79 Å². The van der Waals surface area contributed by atoms with Gasteiger partial charge < -0.3 is 9.64 Å². The lowest BCUT2D eigenvalue weighted by Gasteiger charge is -2.17. The van der Waals surface area contributed by atoms with E-state index in [4.69, 9.17) is 4.74 Å². The van der Waals surface area contributed by atoms with Crippen LogP contribution in [0.15, 0.2) is 24.3 Å². The predicted octanol–water partition coefficient (Wildman–Crippen LogP) is 3.28. The van der Waals surface area contributed by atoms with E-state index in [-0.39, 0.29) is 18.4 Å². The normalized spacial score (nSPS) is 21.7. The molecule has 2 aliphatic rings. The number of amides is 1. The number of benzene rings is 1. The van der Waals surface area contributed by atoms with Crippen molar-refractivity contribution in [3.8, 4) is 0 Å². The average Bonchev–Trinajstić information content (AvgIpc) is 3.21. The van der Waals surface area contributed by atoms with Crippen molar-refractivity contribution in [1.29, 1.82) is 0 Å². The van der Waals surface area contributed by atoms with Gasteiger partial charge in [0.1, 0.15) is 0 Å². The fraction of sp³-hybridized carbons (Fsp3) is 0.588. The molecule has 1 aromatic carbocycles. The summed E-state index contributed by atoms with van der Waals surface area (Å²) >= 11 is 0. The minimum absolute atomic E-state index is 0.000729. The second kappa shape index (κ2) is 6.51. The van der Waals surface area contributed by atoms with E-state index in [9.17, 15) is 18.0 Å². The highest BCUT2D eigenvalue weighted by molar-refractivity contribution is 5.79. The highest BCUT2D eigenvalue weighted by Gasteiger charge is 2.32. The standard InChI is InChI=1S/C17H20F3NO2/c18-17(19,20)14-3-1-2-13(8-14)9-16(22)21-7-6-15(10-21)23-11-12-4-5-12/h1-3,8,12,15H,4-7,9-11H2. The van der Waals surface area contributed by atoms with Crippen molar-refractivity contribution >= 4 is 5.91 Å². The van der Waals surface area contributed by atoms with Gasteiger partial charge in [0.2, 0.25) is 5.91 Å². The zero-order valence-corrected chi connectivity index (χ0v) is 12.8. The number of alkyl halides is 3. The number of ether oxygens (including phenoxy) is 1. The van der Waals surface area contributed by atoms with Gasteiger partial charge in [0.05, 0.1) is 18.1 Å². The molecule has 0 bridgehead atoms. The lowest BCUT2D eigenvalue weighted by Crippen LogP contribution is -2.31. The van der Waals surface area contributed by atoms with E-state index in [0.29, 0.717) is 24.6 Å². The van der Waals surface area contributed by atoms with Crippen molar-refractivity contribution in [2.24, 2.45) is 5.92 Å². The Hall–Kier alpha value is -1.56. The number of likely N-dealkylation sites (tertiary alicyclic amines) is 1. The van der Waals surface area contributed by atoms with E-state index < -0.39 is 11.7 Å². The molecule has 1 saturated heterocycles. The van der Waals surface area contributed by atoms with E-state index in [1.165, 1.54) is 18.9 Å². The van der Waals surface area contributed by atoms with Crippen LogP contribution in [0.2, 0.25) is 0 Å². The fourth-order valence-electron chi connectivity index (χ4n) is 2.79. The highest BCUT2D eigenvalue weighted by Crippen LogP contribution is 2.31. The average molecular weight is 327 g/mol. The first-order chi connectivity index (χ1) is 10.9. The maximum Gasteiger partial charge on any atom is 0.416 e. The van der Waals surface area contributed by atoms with Crippen LogP contribution in [0, 0.1) is 5.92 Å². The second-order valence-electron chi connectivity index (χ2n) is 6.40. The Morgan fingerprint density at radius 3 is 2.74 bits per heavy atom. The summed E-state index contributed by atoms with van der Waals surface area (Å²) in [5.41, 5.74) is -0.318. The first-order valence-electron chi connectivity index (χ1n) is 7.97. The fourth-order valence-corrected chi connectivity index (χ4v) is 2.79. The third-order valence-corrected chi connectivity index (χ3v) is 4.37. The summed E-state index contributed by atoms with van der Waals surface area (Å²) in [6.07, 6.45) is -1.05. The molecule has 1 aliphatic heterocycles. The summed E-state index contributed by atoms with van der Waals surface area (Å²) in [4.78, 5) is 14.0. The number of hydrogen-bond donors (Lipinski definition) is 0. The SMILES string of the molecule is O=C(Cc1cccc(C(F)(F)F)c1)N1CCC(OCC2CC2)C1. The van der Waals surface area contributed by atoms with E-state index in [1.54, 1.807) is 11.0 Å². The Labute approximate surface area is 133 Å². The Bertz CT molecular complexity index is 569. The third-order valence-electron chi connectivity index (χ3n) is 4.37. The van der Waals surface area contributed by atoms with Crippen LogP contribution in [0.4, 0.5) is 13.2 Å². The summed E-state index contributed by atoms with van der Waals surface area (Å²) in [5, 5.41) is 0. The second-order valence-corrected chi connectivity index (χ2v) is 6.40. The number of hydrogen-bond acceptors (Lipinski definition) is 2. The number of nitrogens with zero attached hydrogens (tertiary/aromatic N) is 1. The van der Waals surface area contributed by atoms with Crippen molar-refractivity contribution in [2.75, 3.05) is 19.7 Å². The van der Waals surface area contributed by atoms with Gasteiger partial charge in [0, 0.05) is 19.7 Å². The molecule has 0 radical (unpaired) electrons. The van der Waals surface area contributed by atoms with Crippen molar-refractivity contribution in [3.05, 3.63) is 35.4 Å². The van der Waals surface area contributed by atoms with Gasteiger partial charge in [-0.2, -0.15) is 13.2 Å². The molecule has 1 amide bonds. The summed E-state index contributed by atoms with van der Waals surface area (Å²) < 4.78 is 43.9. The van der Waals surface area contributed by atoms with Crippen LogP contribution in [0.5, 0.6) is 0 Å². The molecule has 0 aromatic heterocycles. The van der Waals surface area contributed by atoms with Crippen LogP contribution in [0.25, 0.3) is 0 Å². The molecule has 6 heteroatoms. The first-order valence-corrected chi connectivity index (χ1v) is 7.97. The van der Waals surface area contributed by atoms with Crippen LogP contribution < -0.4 is 0 Å². The van der Waals surface area contributed by atoms with E-state index >= 15 is 0 Å². The van der Waals surface area contributed by atoms with Gasteiger partial charge in [0.25, 0.3) is 0 Å². The highest BCUT2D eigenvalue weighted by atomic mass is 19.4. The largest absolute Gasteiger partial charge is 0.416 e. The summed E-state index contributed by atoms with van der Waals surface area (Å²) in [6, 6.07) is 4.97. The summed E-state index contributed by atoms with van der Waals surface area (Å²) in [5.74, 6) is 0.548. The molecule has 1 atom stereocenters. The van der Waals surface area contributed by atoms with Crippen molar-refractivity contribution in [1.82, 2.24) is 4.90 Å². The molecule has 3 nitrogen and oxygen atoms in total. The van der Waals surface area contributed by atoms with Gasteiger partial charge in [-0.25, -0.2) is 0 Å². The molecule has 0 spiro atoms. The Kier molecular flexibility index (Phi) is 4.62. The van der Waals surface area contributed by atoms with Crippen LogP contribution in [-0.2, 0) is 22.1 Å². The summed E-state index contributed by atoms with van der Waals surface area (Å²) in [6.45, 7) is 1.93. The van der Waals surface area contributed by atoms with Crippen molar-refractivity contribution in [2.45, 2.75) is 38.0 Å². The smallest absolute Gasteiger partial charge is 0.376 e. The van der Waals surface area contributed by atoms with Gasteiger partial charge in [0.15, 0.2) is 0 Å². The predicted molar refractivity (Wildman–Crippen MR) is 78.8 cm³/mol. The topological polar surface area (TPSA) is 29.5 Å². The molecule has 3 rings (SSSR count).